The summed E-state index contributed by atoms with van der Waals surface area (Å²) in [6, 6.07) is 7.15. The molecular weight excluding hydrogens is 290 g/mol. The smallest absolute Gasteiger partial charge is 0.253 e. The fraction of sp³-hybridized carbons (Fsp3) is 0.556. The van der Waals surface area contributed by atoms with Crippen molar-refractivity contribution in [2.24, 2.45) is 0 Å². The number of carbonyl (C=O) groups is 2. The number of unbranched alkanes of at least 4 members (excludes halogenated alkanes) is 4. The standard InChI is InChI=1S/C18H29N3O2/c1-4-5-6-7-8-13-19-17(22)14-20-16-11-9-15(10-12-16)18(23)21(2)3/h9-12,20H,4-8,13-14H2,1-3H3,(H,19,22). The van der Waals surface area contributed by atoms with Crippen LogP contribution in [0.1, 0.15) is 49.4 Å². The van der Waals surface area contributed by atoms with Crippen LogP contribution in [0.2, 0.25) is 0 Å². The van der Waals surface area contributed by atoms with Crippen molar-refractivity contribution in [2.75, 3.05) is 32.5 Å². The zero-order valence-electron chi connectivity index (χ0n) is 14.5. The minimum atomic E-state index is -0.0302. The van der Waals surface area contributed by atoms with Gasteiger partial charge in [0, 0.05) is 31.9 Å². The number of hydrogen-bond donors (Lipinski definition) is 2. The van der Waals surface area contributed by atoms with Gasteiger partial charge in [-0.2, -0.15) is 0 Å². The Morgan fingerprint density at radius 1 is 1.00 bits per heavy atom. The van der Waals surface area contributed by atoms with Gasteiger partial charge in [-0.25, -0.2) is 0 Å². The lowest BCUT2D eigenvalue weighted by molar-refractivity contribution is -0.119. The predicted molar refractivity (Wildman–Crippen MR) is 94.7 cm³/mol. The Morgan fingerprint density at radius 3 is 2.26 bits per heavy atom. The van der Waals surface area contributed by atoms with E-state index in [0.717, 1.165) is 18.7 Å². The zero-order valence-corrected chi connectivity index (χ0v) is 14.5. The van der Waals surface area contributed by atoms with Gasteiger partial charge in [0.25, 0.3) is 5.91 Å². The summed E-state index contributed by atoms with van der Waals surface area (Å²) in [4.78, 5) is 25.0. The summed E-state index contributed by atoms with van der Waals surface area (Å²) in [5, 5.41) is 5.98. The predicted octanol–water partition coefficient (Wildman–Crippen LogP) is 2.89. The maximum atomic E-state index is 11.8. The summed E-state index contributed by atoms with van der Waals surface area (Å²) in [7, 11) is 3.45. The number of benzene rings is 1. The van der Waals surface area contributed by atoms with Crippen molar-refractivity contribution < 1.29 is 9.59 Å². The second-order valence-electron chi connectivity index (χ2n) is 5.89. The van der Waals surface area contributed by atoms with E-state index >= 15 is 0 Å². The number of nitrogens with zero attached hydrogens (tertiary/aromatic N) is 1. The average molecular weight is 319 g/mol. The van der Waals surface area contributed by atoms with Crippen molar-refractivity contribution in [1.82, 2.24) is 10.2 Å². The van der Waals surface area contributed by atoms with E-state index in [1.54, 1.807) is 26.2 Å². The molecular formula is C18H29N3O2. The Bertz CT molecular complexity index is 484. The molecule has 5 heteroatoms. The van der Waals surface area contributed by atoms with Gasteiger partial charge < -0.3 is 15.5 Å². The van der Waals surface area contributed by atoms with Gasteiger partial charge in [-0.15, -0.1) is 0 Å². The summed E-state index contributed by atoms with van der Waals surface area (Å²) in [5.41, 5.74) is 1.47. The van der Waals surface area contributed by atoms with Gasteiger partial charge in [0.2, 0.25) is 5.91 Å². The third kappa shape index (κ3) is 7.68. The largest absolute Gasteiger partial charge is 0.376 e. The molecule has 0 aliphatic rings. The van der Waals surface area contributed by atoms with E-state index in [1.807, 2.05) is 12.1 Å². The van der Waals surface area contributed by atoms with Gasteiger partial charge in [-0.1, -0.05) is 32.6 Å². The Morgan fingerprint density at radius 2 is 1.65 bits per heavy atom. The molecule has 1 aromatic carbocycles. The van der Waals surface area contributed by atoms with Crippen LogP contribution in [0, 0.1) is 0 Å². The number of carbonyl (C=O) groups excluding carboxylic acids is 2. The van der Waals surface area contributed by atoms with Crippen molar-refractivity contribution >= 4 is 17.5 Å². The average Bonchev–Trinajstić information content (AvgIpc) is 2.55. The van der Waals surface area contributed by atoms with E-state index in [9.17, 15) is 9.59 Å². The van der Waals surface area contributed by atoms with Gasteiger partial charge in [0.05, 0.1) is 6.54 Å². The van der Waals surface area contributed by atoms with Crippen LogP contribution in [0.25, 0.3) is 0 Å². The number of amides is 2. The van der Waals surface area contributed by atoms with E-state index in [4.69, 9.17) is 0 Å². The SMILES string of the molecule is CCCCCCCNC(=O)CNc1ccc(C(=O)N(C)C)cc1. The van der Waals surface area contributed by atoms with Gasteiger partial charge in [0.1, 0.15) is 0 Å². The molecule has 0 aliphatic heterocycles. The summed E-state index contributed by atoms with van der Waals surface area (Å²) in [6.07, 6.45) is 5.94. The van der Waals surface area contributed by atoms with E-state index in [1.165, 1.54) is 30.6 Å². The molecule has 0 bridgehead atoms. The summed E-state index contributed by atoms with van der Waals surface area (Å²) >= 11 is 0. The molecule has 0 atom stereocenters. The molecule has 0 aromatic heterocycles. The molecule has 0 unspecified atom stereocenters. The van der Waals surface area contributed by atoms with Crippen molar-refractivity contribution in [3.05, 3.63) is 29.8 Å². The molecule has 2 amide bonds. The third-order valence-electron chi connectivity index (χ3n) is 3.59. The van der Waals surface area contributed by atoms with Crippen molar-refractivity contribution in [3.63, 3.8) is 0 Å². The molecule has 0 saturated heterocycles. The first-order valence-electron chi connectivity index (χ1n) is 8.37. The number of rotatable bonds is 10. The van der Waals surface area contributed by atoms with E-state index < -0.39 is 0 Å². The summed E-state index contributed by atoms with van der Waals surface area (Å²) in [6.45, 7) is 3.17. The lowest BCUT2D eigenvalue weighted by Crippen LogP contribution is -2.30. The van der Waals surface area contributed by atoms with Crippen LogP contribution >= 0.6 is 0 Å². The number of anilines is 1. The molecule has 0 fully saturated rings. The van der Waals surface area contributed by atoms with Crippen molar-refractivity contribution in [1.29, 1.82) is 0 Å². The first-order chi connectivity index (χ1) is 11.0. The number of hydrogen-bond acceptors (Lipinski definition) is 3. The molecule has 1 aromatic rings. The molecule has 1 rings (SSSR count). The molecule has 0 aliphatic carbocycles. The maximum Gasteiger partial charge on any atom is 0.253 e. The monoisotopic (exact) mass is 319 g/mol. The molecule has 128 valence electrons. The molecule has 0 spiro atoms. The highest BCUT2D eigenvalue weighted by Crippen LogP contribution is 2.10. The molecule has 0 radical (unpaired) electrons. The van der Waals surface area contributed by atoms with Gasteiger partial charge >= 0.3 is 0 Å². The van der Waals surface area contributed by atoms with Crippen LogP contribution in [0.15, 0.2) is 24.3 Å². The van der Waals surface area contributed by atoms with Crippen LogP contribution in [0.4, 0.5) is 5.69 Å². The van der Waals surface area contributed by atoms with Gasteiger partial charge in [-0.3, -0.25) is 9.59 Å². The Labute approximate surface area is 139 Å². The minimum Gasteiger partial charge on any atom is -0.376 e. The van der Waals surface area contributed by atoms with Crippen LogP contribution in [-0.2, 0) is 4.79 Å². The molecule has 0 saturated carbocycles. The van der Waals surface area contributed by atoms with Crippen molar-refractivity contribution in [2.45, 2.75) is 39.0 Å². The van der Waals surface area contributed by atoms with E-state index in [0.29, 0.717) is 5.56 Å². The highest BCUT2D eigenvalue weighted by Gasteiger charge is 2.07. The van der Waals surface area contributed by atoms with Gasteiger partial charge in [-0.05, 0) is 30.7 Å². The molecule has 2 N–H and O–H groups in total. The van der Waals surface area contributed by atoms with Gasteiger partial charge in [0.15, 0.2) is 0 Å². The highest BCUT2D eigenvalue weighted by atomic mass is 16.2. The summed E-state index contributed by atoms with van der Waals surface area (Å²) in [5.74, 6) is -0.0358. The fourth-order valence-corrected chi connectivity index (χ4v) is 2.19. The van der Waals surface area contributed by atoms with Crippen molar-refractivity contribution in [3.8, 4) is 0 Å². The second-order valence-corrected chi connectivity index (χ2v) is 5.89. The Kier molecular flexibility index (Phi) is 8.80. The zero-order chi connectivity index (χ0) is 17.1. The first kappa shape index (κ1) is 19.0. The summed E-state index contributed by atoms with van der Waals surface area (Å²) < 4.78 is 0. The molecule has 5 nitrogen and oxygen atoms in total. The topological polar surface area (TPSA) is 61.4 Å². The lowest BCUT2D eigenvalue weighted by atomic mass is 10.1. The normalized spacial score (nSPS) is 10.2. The highest BCUT2D eigenvalue weighted by molar-refractivity contribution is 5.94. The van der Waals surface area contributed by atoms with E-state index in [-0.39, 0.29) is 18.4 Å². The number of nitrogens with one attached hydrogen (secondary N) is 2. The van der Waals surface area contributed by atoms with Crippen LogP contribution < -0.4 is 10.6 Å². The van der Waals surface area contributed by atoms with E-state index in [2.05, 4.69) is 17.6 Å². The minimum absolute atomic E-state index is 0.00561. The third-order valence-corrected chi connectivity index (χ3v) is 3.59. The van der Waals surface area contributed by atoms with Crippen LogP contribution in [0.3, 0.4) is 0 Å². The maximum absolute atomic E-state index is 11.8. The van der Waals surface area contributed by atoms with Crippen LogP contribution in [-0.4, -0.2) is 43.9 Å². The Balaban J connectivity index is 2.24. The second kappa shape index (κ2) is 10.6. The molecule has 0 heterocycles. The molecule has 23 heavy (non-hydrogen) atoms. The fourth-order valence-electron chi connectivity index (χ4n) is 2.19. The lowest BCUT2D eigenvalue weighted by Gasteiger charge is -2.11. The Hall–Kier alpha value is -2.04. The quantitative estimate of drug-likeness (QED) is 0.652. The first-order valence-corrected chi connectivity index (χ1v) is 8.37. The van der Waals surface area contributed by atoms with Crippen LogP contribution in [0.5, 0.6) is 0 Å².